The van der Waals surface area contributed by atoms with Crippen molar-refractivity contribution in [1.82, 2.24) is 19.7 Å². The first kappa shape index (κ1) is 13.9. The summed E-state index contributed by atoms with van der Waals surface area (Å²) in [6.45, 7) is 1.93. The molecule has 1 aliphatic heterocycles. The lowest BCUT2D eigenvalue weighted by atomic mass is 10.1. The molecule has 2 aromatic rings. The molecule has 0 bridgehead atoms. The molecule has 0 unspecified atom stereocenters. The lowest BCUT2D eigenvalue weighted by Gasteiger charge is -2.34. The summed E-state index contributed by atoms with van der Waals surface area (Å²) in [6, 6.07) is 1.99. The summed E-state index contributed by atoms with van der Waals surface area (Å²) in [5, 5.41) is 7.96. The fourth-order valence-corrected chi connectivity index (χ4v) is 2.81. The van der Waals surface area contributed by atoms with E-state index in [4.69, 9.17) is 17.3 Å². The van der Waals surface area contributed by atoms with E-state index in [1.807, 2.05) is 24.1 Å². The minimum Gasteiger partial charge on any atom is -0.368 e. The minimum atomic E-state index is 0.185. The number of rotatable bonds is 3. The molecular formula is C13H18ClN7. The Labute approximate surface area is 128 Å². The van der Waals surface area contributed by atoms with E-state index in [0.717, 1.165) is 31.6 Å². The topological polar surface area (TPSA) is 84.9 Å². The summed E-state index contributed by atoms with van der Waals surface area (Å²) in [4.78, 5) is 10.3. The second-order valence-electron chi connectivity index (χ2n) is 5.24. The minimum absolute atomic E-state index is 0.185. The molecule has 1 atom stereocenters. The summed E-state index contributed by atoms with van der Waals surface area (Å²) in [5.41, 5.74) is 6.76. The Balaban J connectivity index is 1.68. The summed E-state index contributed by atoms with van der Waals surface area (Å²) >= 11 is 5.90. The monoisotopic (exact) mass is 307 g/mol. The van der Waals surface area contributed by atoms with Crippen LogP contribution in [0.4, 0.5) is 17.5 Å². The Morgan fingerprint density at radius 3 is 3.00 bits per heavy atom. The van der Waals surface area contributed by atoms with E-state index >= 15 is 0 Å². The molecule has 3 N–H and O–H groups in total. The molecule has 3 rings (SSSR count). The normalized spacial score (nSPS) is 18.8. The van der Waals surface area contributed by atoms with Gasteiger partial charge < -0.3 is 16.0 Å². The van der Waals surface area contributed by atoms with E-state index in [-0.39, 0.29) is 5.95 Å². The van der Waals surface area contributed by atoms with Crippen LogP contribution in [0.15, 0.2) is 18.5 Å². The van der Waals surface area contributed by atoms with Gasteiger partial charge in [-0.15, -0.1) is 0 Å². The number of piperidine rings is 1. The zero-order valence-corrected chi connectivity index (χ0v) is 12.6. The van der Waals surface area contributed by atoms with Crippen molar-refractivity contribution in [3.63, 3.8) is 0 Å². The first-order valence-corrected chi connectivity index (χ1v) is 7.28. The average molecular weight is 308 g/mol. The number of halogens is 1. The Kier molecular flexibility index (Phi) is 3.83. The molecule has 0 radical (unpaired) electrons. The van der Waals surface area contributed by atoms with Crippen molar-refractivity contribution in [3.8, 4) is 0 Å². The van der Waals surface area contributed by atoms with Crippen LogP contribution in [0.5, 0.6) is 0 Å². The van der Waals surface area contributed by atoms with Crippen LogP contribution in [0.25, 0.3) is 0 Å². The van der Waals surface area contributed by atoms with E-state index in [2.05, 4.69) is 25.3 Å². The third-order valence-electron chi connectivity index (χ3n) is 3.54. The van der Waals surface area contributed by atoms with Crippen molar-refractivity contribution in [2.24, 2.45) is 7.05 Å². The fraction of sp³-hybridized carbons (Fsp3) is 0.462. The SMILES string of the molecule is Cn1cc(N2CCC[C@@H](Nc3cc(Cl)nc(N)n3)C2)cn1. The maximum Gasteiger partial charge on any atom is 0.223 e. The number of hydrogen-bond acceptors (Lipinski definition) is 6. The molecule has 0 aliphatic carbocycles. The van der Waals surface area contributed by atoms with Crippen LogP contribution < -0.4 is 16.0 Å². The molecular weight excluding hydrogens is 290 g/mol. The van der Waals surface area contributed by atoms with E-state index in [1.165, 1.54) is 0 Å². The molecule has 7 nitrogen and oxygen atoms in total. The quantitative estimate of drug-likeness (QED) is 0.837. The zero-order valence-electron chi connectivity index (χ0n) is 11.8. The van der Waals surface area contributed by atoms with Gasteiger partial charge in [0, 0.05) is 38.4 Å². The highest BCUT2D eigenvalue weighted by atomic mass is 35.5. The highest BCUT2D eigenvalue weighted by molar-refractivity contribution is 6.29. The van der Waals surface area contributed by atoms with E-state index in [9.17, 15) is 0 Å². The molecule has 8 heteroatoms. The Hall–Kier alpha value is -2.02. The lowest BCUT2D eigenvalue weighted by molar-refractivity contribution is 0.529. The number of anilines is 3. The number of nitrogens with one attached hydrogen (secondary N) is 1. The summed E-state index contributed by atoms with van der Waals surface area (Å²) in [7, 11) is 1.93. The van der Waals surface area contributed by atoms with Crippen LogP contribution in [-0.2, 0) is 7.05 Å². The Morgan fingerprint density at radius 2 is 2.29 bits per heavy atom. The third kappa shape index (κ3) is 3.36. The van der Waals surface area contributed by atoms with Crippen molar-refractivity contribution < 1.29 is 0 Å². The molecule has 2 aromatic heterocycles. The van der Waals surface area contributed by atoms with Crippen LogP contribution in [0.1, 0.15) is 12.8 Å². The van der Waals surface area contributed by atoms with Gasteiger partial charge >= 0.3 is 0 Å². The van der Waals surface area contributed by atoms with Crippen LogP contribution in [0, 0.1) is 0 Å². The van der Waals surface area contributed by atoms with Gasteiger partial charge in [0.1, 0.15) is 11.0 Å². The molecule has 21 heavy (non-hydrogen) atoms. The number of nitrogens with two attached hydrogens (primary N) is 1. The van der Waals surface area contributed by atoms with Crippen LogP contribution in [0.2, 0.25) is 5.15 Å². The van der Waals surface area contributed by atoms with Crippen molar-refractivity contribution in [3.05, 3.63) is 23.6 Å². The van der Waals surface area contributed by atoms with Crippen molar-refractivity contribution in [2.75, 3.05) is 29.0 Å². The van der Waals surface area contributed by atoms with Crippen LogP contribution in [-0.4, -0.2) is 38.9 Å². The predicted octanol–water partition coefficient (Wildman–Crippen LogP) is 1.53. The van der Waals surface area contributed by atoms with Crippen LogP contribution in [0.3, 0.4) is 0 Å². The van der Waals surface area contributed by atoms with Gasteiger partial charge in [0.25, 0.3) is 0 Å². The van der Waals surface area contributed by atoms with Crippen LogP contribution >= 0.6 is 11.6 Å². The van der Waals surface area contributed by atoms with Gasteiger partial charge in [-0.2, -0.15) is 10.1 Å². The average Bonchev–Trinajstić information content (AvgIpc) is 2.84. The maximum atomic E-state index is 5.90. The maximum absolute atomic E-state index is 5.90. The Morgan fingerprint density at radius 1 is 1.43 bits per heavy atom. The summed E-state index contributed by atoms with van der Waals surface area (Å²) < 4.78 is 1.82. The number of aromatic nitrogens is 4. The summed E-state index contributed by atoms with van der Waals surface area (Å²) in [6.07, 6.45) is 6.11. The molecule has 1 aliphatic rings. The van der Waals surface area contributed by atoms with Crippen molar-refractivity contribution in [1.29, 1.82) is 0 Å². The van der Waals surface area contributed by atoms with E-state index in [0.29, 0.717) is 17.0 Å². The predicted molar refractivity (Wildman–Crippen MR) is 83.5 cm³/mol. The van der Waals surface area contributed by atoms with E-state index < -0.39 is 0 Å². The van der Waals surface area contributed by atoms with Crippen molar-refractivity contribution >= 4 is 29.1 Å². The third-order valence-corrected chi connectivity index (χ3v) is 3.74. The smallest absolute Gasteiger partial charge is 0.223 e. The molecule has 0 saturated carbocycles. The van der Waals surface area contributed by atoms with Gasteiger partial charge in [-0.05, 0) is 12.8 Å². The van der Waals surface area contributed by atoms with Gasteiger partial charge in [0.05, 0.1) is 11.9 Å². The molecule has 112 valence electrons. The number of nitrogens with zero attached hydrogens (tertiary/aromatic N) is 5. The molecule has 0 aromatic carbocycles. The molecule has 1 saturated heterocycles. The second kappa shape index (κ2) is 5.77. The molecule has 0 amide bonds. The van der Waals surface area contributed by atoms with E-state index in [1.54, 1.807) is 6.07 Å². The molecule has 1 fully saturated rings. The standard InChI is InChI=1S/C13H18ClN7/c1-20-8-10(6-16-20)21-4-2-3-9(7-21)17-12-5-11(14)18-13(15)19-12/h5-6,8-9H,2-4,7H2,1H3,(H3,15,17,18,19)/t9-/m1/s1. The number of nitrogen functional groups attached to an aromatic ring is 1. The van der Waals surface area contributed by atoms with Gasteiger partial charge in [-0.25, -0.2) is 4.98 Å². The number of hydrogen-bond donors (Lipinski definition) is 2. The first-order valence-electron chi connectivity index (χ1n) is 6.90. The van der Waals surface area contributed by atoms with Gasteiger partial charge in [-0.3, -0.25) is 4.68 Å². The molecule has 0 spiro atoms. The fourth-order valence-electron chi connectivity index (χ4n) is 2.62. The lowest BCUT2D eigenvalue weighted by Crippen LogP contribution is -2.42. The van der Waals surface area contributed by atoms with Gasteiger partial charge in [0.15, 0.2) is 0 Å². The largest absolute Gasteiger partial charge is 0.368 e. The highest BCUT2D eigenvalue weighted by Gasteiger charge is 2.21. The second-order valence-corrected chi connectivity index (χ2v) is 5.62. The molecule has 3 heterocycles. The summed E-state index contributed by atoms with van der Waals surface area (Å²) in [5.74, 6) is 0.857. The van der Waals surface area contributed by atoms with Gasteiger partial charge in [-0.1, -0.05) is 11.6 Å². The Bertz CT molecular complexity index is 606. The number of aryl methyl sites for hydroxylation is 1. The first-order chi connectivity index (χ1) is 10.1. The zero-order chi connectivity index (χ0) is 14.8. The van der Waals surface area contributed by atoms with Gasteiger partial charge in [0.2, 0.25) is 5.95 Å². The van der Waals surface area contributed by atoms with Crippen molar-refractivity contribution in [2.45, 2.75) is 18.9 Å². The highest BCUT2D eigenvalue weighted by Crippen LogP contribution is 2.21.